The van der Waals surface area contributed by atoms with Crippen LogP contribution in [0.4, 0.5) is 4.39 Å². The maximum absolute atomic E-state index is 14.1. The summed E-state index contributed by atoms with van der Waals surface area (Å²) in [7, 11) is -3.70. The molecule has 4 nitrogen and oxygen atoms in total. The molecule has 0 saturated heterocycles. The van der Waals surface area contributed by atoms with Crippen molar-refractivity contribution in [3.63, 3.8) is 0 Å². The van der Waals surface area contributed by atoms with Crippen molar-refractivity contribution in [1.29, 1.82) is 0 Å². The van der Waals surface area contributed by atoms with E-state index in [1.165, 1.54) is 6.08 Å². The van der Waals surface area contributed by atoms with Crippen LogP contribution in [0.15, 0.2) is 42.2 Å². The van der Waals surface area contributed by atoms with Gasteiger partial charge in [0.2, 0.25) is 0 Å². The van der Waals surface area contributed by atoms with Crippen molar-refractivity contribution in [2.24, 2.45) is 0 Å². The largest absolute Gasteiger partial charge is 0.387 e. The highest BCUT2D eigenvalue weighted by atomic mass is 31.2. The lowest BCUT2D eigenvalue weighted by Gasteiger charge is -2.28. The molecular weight excluding hydrogens is 318 g/mol. The Morgan fingerprint density at radius 3 is 2.26 bits per heavy atom. The zero-order valence-electron chi connectivity index (χ0n) is 13.9. The molecular formula is C17H26FO4P. The first-order valence-corrected chi connectivity index (χ1v) is 9.57. The van der Waals surface area contributed by atoms with Crippen molar-refractivity contribution >= 4 is 7.60 Å². The molecule has 0 aromatic heterocycles. The van der Waals surface area contributed by atoms with E-state index < -0.39 is 25.2 Å². The zero-order chi connectivity index (χ0) is 17.3. The molecule has 1 aromatic rings. The molecule has 23 heavy (non-hydrogen) atoms. The predicted octanol–water partition coefficient (Wildman–Crippen LogP) is 5.01. The number of allylic oxidation sites excluding steroid dienone is 1. The topological polar surface area (TPSA) is 55.8 Å². The van der Waals surface area contributed by atoms with Crippen molar-refractivity contribution < 1.29 is 23.1 Å². The molecule has 1 aromatic carbocycles. The van der Waals surface area contributed by atoms with E-state index in [9.17, 15) is 14.1 Å². The quantitative estimate of drug-likeness (QED) is 0.606. The fraction of sp³-hybridized carbons (Fsp3) is 0.529. The molecule has 0 aliphatic heterocycles. The third kappa shape index (κ3) is 5.85. The second-order valence-corrected chi connectivity index (χ2v) is 7.28. The molecule has 1 rings (SSSR count). The molecule has 0 saturated carbocycles. The Morgan fingerprint density at radius 1 is 1.22 bits per heavy atom. The second kappa shape index (κ2) is 9.99. The molecule has 0 amide bonds. The lowest BCUT2D eigenvalue weighted by Crippen LogP contribution is -2.20. The van der Waals surface area contributed by atoms with Gasteiger partial charge in [0.15, 0.2) is 0 Å². The molecule has 0 bridgehead atoms. The number of aliphatic hydroxyl groups is 1. The number of rotatable bonds is 10. The normalized spacial score (nSPS) is 15.4. The van der Waals surface area contributed by atoms with Gasteiger partial charge in [-0.25, -0.2) is 4.39 Å². The molecule has 0 spiro atoms. The van der Waals surface area contributed by atoms with Crippen LogP contribution >= 0.6 is 7.60 Å². The summed E-state index contributed by atoms with van der Waals surface area (Å²) in [5.74, 6) is -0.424. The molecule has 0 aliphatic rings. The minimum atomic E-state index is -3.70. The molecule has 0 aliphatic carbocycles. The highest BCUT2D eigenvalue weighted by Crippen LogP contribution is 2.57. The predicted molar refractivity (Wildman–Crippen MR) is 90.1 cm³/mol. The Bertz CT molecular complexity index is 523. The van der Waals surface area contributed by atoms with Crippen molar-refractivity contribution in [2.45, 2.75) is 45.4 Å². The van der Waals surface area contributed by atoms with Gasteiger partial charge in [-0.3, -0.25) is 4.57 Å². The van der Waals surface area contributed by atoms with Crippen LogP contribution in [-0.4, -0.2) is 24.0 Å². The van der Waals surface area contributed by atoms with Crippen LogP contribution in [0.1, 0.15) is 45.3 Å². The highest BCUT2D eigenvalue weighted by molar-refractivity contribution is 7.54. The highest BCUT2D eigenvalue weighted by Gasteiger charge is 2.40. The number of halogens is 1. The van der Waals surface area contributed by atoms with Crippen LogP contribution in [0.25, 0.3) is 0 Å². The zero-order valence-corrected chi connectivity index (χ0v) is 14.8. The van der Waals surface area contributed by atoms with Gasteiger partial charge in [-0.15, -0.1) is 0 Å². The first kappa shape index (κ1) is 20.0. The van der Waals surface area contributed by atoms with E-state index in [4.69, 9.17) is 9.05 Å². The first-order valence-electron chi connectivity index (χ1n) is 7.96. The molecule has 1 N–H and O–H groups in total. The maximum Gasteiger partial charge on any atom is 0.340 e. The number of hydrogen-bond acceptors (Lipinski definition) is 4. The summed E-state index contributed by atoms with van der Waals surface area (Å²) in [4.78, 5) is 0. The minimum absolute atomic E-state index is 0.151. The van der Waals surface area contributed by atoms with E-state index in [-0.39, 0.29) is 19.6 Å². The maximum atomic E-state index is 14.1. The van der Waals surface area contributed by atoms with E-state index in [2.05, 4.69) is 0 Å². The average Bonchev–Trinajstić information content (AvgIpc) is 2.53. The fourth-order valence-electron chi connectivity index (χ4n) is 2.28. The summed E-state index contributed by atoms with van der Waals surface area (Å²) < 4.78 is 37.7. The summed E-state index contributed by atoms with van der Waals surface area (Å²) in [6.07, 6.45) is 0.843. The van der Waals surface area contributed by atoms with Gasteiger partial charge in [-0.05, 0) is 38.3 Å². The van der Waals surface area contributed by atoms with Crippen LogP contribution in [-0.2, 0) is 13.6 Å². The van der Waals surface area contributed by atoms with Gasteiger partial charge in [0.25, 0.3) is 0 Å². The second-order valence-electron chi connectivity index (χ2n) is 5.09. The molecule has 6 heteroatoms. The van der Waals surface area contributed by atoms with Gasteiger partial charge in [-0.1, -0.05) is 37.3 Å². The molecule has 2 atom stereocenters. The van der Waals surface area contributed by atoms with Gasteiger partial charge in [0, 0.05) is 0 Å². The smallest absolute Gasteiger partial charge is 0.340 e. The summed E-state index contributed by atoms with van der Waals surface area (Å²) >= 11 is 0. The average molecular weight is 344 g/mol. The molecule has 130 valence electrons. The number of hydrogen-bond donors (Lipinski definition) is 1. The SMILES string of the molecule is CCC/C(F)=C/[C@@H]([C@@H](O)c1ccccc1)P(=O)(OCC)OCC. The Labute approximate surface area is 137 Å². The van der Waals surface area contributed by atoms with Crippen molar-refractivity contribution in [1.82, 2.24) is 0 Å². The standard InChI is InChI=1S/C17H26FO4P/c1-4-10-15(18)13-16(23(20,21-5-2)22-6-3)17(19)14-11-8-7-9-12-14/h7-9,11-13,16-17,19H,4-6,10H2,1-3H3/b15-13-/t16-,17-/m0/s1. The third-order valence-corrected chi connectivity index (χ3v) is 5.69. The van der Waals surface area contributed by atoms with E-state index in [1.54, 1.807) is 38.1 Å². The molecule has 0 unspecified atom stereocenters. The van der Waals surface area contributed by atoms with E-state index >= 15 is 0 Å². The van der Waals surface area contributed by atoms with E-state index in [0.717, 1.165) is 0 Å². The minimum Gasteiger partial charge on any atom is -0.387 e. The van der Waals surface area contributed by atoms with Crippen molar-refractivity contribution in [3.8, 4) is 0 Å². The molecule has 0 radical (unpaired) electrons. The van der Waals surface area contributed by atoms with Crippen LogP contribution < -0.4 is 0 Å². The lowest BCUT2D eigenvalue weighted by molar-refractivity contribution is 0.151. The number of aliphatic hydroxyl groups excluding tert-OH is 1. The summed E-state index contributed by atoms with van der Waals surface area (Å²) in [6.45, 7) is 5.52. The summed E-state index contributed by atoms with van der Waals surface area (Å²) in [5.41, 5.74) is -0.547. The van der Waals surface area contributed by atoms with Crippen molar-refractivity contribution in [3.05, 3.63) is 47.8 Å². The van der Waals surface area contributed by atoms with Gasteiger partial charge in [0.05, 0.1) is 25.1 Å². The van der Waals surface area contributed by atoms with E-state index in [0.29, 0.717) is 12.0 Å². The van der Waals surface area contributed by atoms with Crippen LogP contribution in [0.5, 0.6) is 0 Å². The Kier molecular flexibility index (Phi) is 8.71. The first-order chi connectivity index (χ1) is 11.0. The summed E-state index contributed by atoms with van der Waals surface area (Å²) in [6, 6.07) is 8.72. The Hall–Kier alpha value is -1.00. The summed E-state index contributed by atoms with van der Waals surface area (Å²) in [5, 5.41) is 10.6. The van der Waals surface area contributed by atoms with Gasteiger partial charge in [0.1, 0.15) is 5.66 Å². The molecule has 0 heterocycles. The van der Waals surface area contributed by atoms with Gasteiger partial charge < -0.3 is 14.2 Å². The lowest BCUT2D eigenvalue weighted by atomic mass is 10.1. The van der Waals surface area contributed by atoms with Crippen molar-refractivity contribution in [2.75, 3.05) is 13.2 Å². The molecule has 0 fully saturated rings. The van der Waals surface area contributed by atoms with Gasteiger partial charge in [-0.2, -0.15) is 0 Å². The number of benzene rings is 1. The van der Waals surface area contributed by atoms with Gasteiger partial charge >= 0.3 is 7.60 Å². The monoisotopic (exact) mass is 344 g/mol. The third-order valence-electron chi connectivity index (χ3n) is 3.29. The van der Waals surface area contributed by atoms with Crippen LogP contribution in [0, 0.1) is 0 Å². The Balaban J connectivity index is 3.24. The fourth-order valence-corrected chi connectivity index (χ4v) is 4.28. The van der Waals surface area contributed by atoms with Crippen LogP contribution in [0.3, 0.4) is 0 Å². The van der Waals surface area contributed by atoms with E-state index in [1.807, 2.05) is 13.0 Å². The van der Waals surface area contributed by atoms with Crippen LogP contribution in [0.2, 0.25) is 0 Å². The Morgan fingerprint density at radius 2 is 1.78 bits per heavy atom.